The molecule has 0 fully saturated rings. The second-order valence-electron chi connectivity index (χ2n) is 4.15. The van der Waals surface area contributed by atoms with E-state index in [9.17, 15) is 13.2 Å². The molecule has 3 N–H and O–H groups in total. The molecule has 3 nitrogen and oxygen atoms in total. The van der Waals surface area contributed by atoms with Gasteiger partial charge in [-0.1, -0.05) is 12.2 Å². The van der Waals surface area contributed by atoms with Gasteiger partial charge < -0.3 is 15.8 Å². The average molecular weight is 312 g/mol. The number of ether oxygens (including phenoxy) is 1. The Kier molecular flexibility index (Phi) is 4.32. The zero-order valence-corrected chi connectivity index (χ0v) is 11.7. The molecule has 0 aliphatic carbocycles. The molecule has 0 radical (unpaired) electrons. The molecule has 0 unspecified atom stereocenters. The highest BCUT2D eigenvalue weighted by Crippen LogP contribution is 2.27. The van der Waals surface area contributed by atoms with Gasteiger partial charge in [-0.15, -0.1) is 0 Å². The summed E-state index contributed by atoms with van der Waals surface area (Å²) in [6.45, 7) is 0. The van der Waals surface area contributed by atoms with E-state index in [0.29, 0.717) is 0 Å². The molecule has 2 aromatic rings. The van der Waals surface area contributed by atoms with Crippen LogP contribution in [0.25, 0.3) is 0 Å². The summed E-state index contributed by atoms with van der Waals surface area (Å²) >= 11 is 4.66. The van der Waals surface area contributed by atoms with Crippen LogP contribution < -0.4 is 15.8 Å². The second kappa shape index (κ2) is 6.01. The van der Waals surface area contributed by atoms with Gasteiger partial charge in [-0.25, -0.2) is 13.2 Å². The van der Waals surface area contributed by atoms with E-state index in [1.165, 1.54) is 19.2 Å². The van der Waals surface area contributed by atoms with Crippen molar-refractivity contribution in [3.05, 3.63) is 53.3 Å². The van der Waals surface area contributed by atoms with Gasteiger partial charge in [0.1, 0.15) is 22.3 Å². The molecule has 0 heterocycles. The largest absolute Gasteiger partial charge is 0.494 e. The number of halogens is 3. The van der Waals surface area contributed by atoms with Gasteiger partial charge in [-0.05, 0) is 24.3 Å². The van der Waals surface area contributed by atoms with Gasteiger partial charge in [0.05, 0.1) is 7.11 Å². The van der Waals surface area contributed by atoms with Gasteiger partial charge in [0.15, 0.2) is 11.6 Å². The summed E-state index contributed by atoms with van der Waals surface area (Å²) in [4.78, 5) is -0.116. The van der Waals surface area contributed by atoms with Crippen molar-refractivity contribution in [2.45, 2.75) is 0 Å². The smallest absolute Gasteiger partial charge is 0.167 e. The number of thiocarbonyl (C=S) groups is 1. The van der Waals surface area contributed by atoms with Gasteiger partial charge in [0, 0.05) is 17.3 Å². The molecule has 0 aliphatic heterocycles. The summed E-state index contributed by atoms with van der Waals surface area (Å²) in [6.07, 6.45) is 0. The summed E-state index contributed by atoms with van der Waals surface area (Å²) in [5, 5.41) is 2.47. The number of methoxy groups -OCH3 is 1. The Morgan fingerprint density at radius 1 is 1.10 bits per heavy atom. The third kappa shape index (κ3) is 3.25. The van der Waals surface area contributed by atoms with Crippen LogP contribution in [0.1, 0.15) is 5.56 Å². The van der Waals surface area contributed by atoms with E-state index >= 15 is 0 Å². The zero-order chi connectivity index (χ0) is 15.6. The standard InChI is InChI=1S/C14H11F3N2OS/c1-20-12-3-2-8(6-9(12)15)19-13-10(16)4-7(14(18)21)5-11(13)17/h2-6,19H,1H3,(H2,18,21). The van der Waals surface area contributed by atoms with Gasteiger partial charge in [-0.3, -0.25) is 0 Å². The predicted octanol–water partition coefficient (Wildman–Crippen LogP) is 3.49. The van der Waals surface area contributed by atoms with Crippen molar-refractivity contribution in [3.63, 3.8) is 0 Å². The van der Waals surface area contributed by atoms with Crippen molar-refractivity contribution in [1.82, 2.24) is 0 Å². The van der Waals surface area contributed by atoms with Crippen LogP contribution in [0.15, 0.2) is 30.3 Å². The van der Waals surface area contributed by atoms with Crippen LogP contribution in [-0.2, 0) is 0 Å². The summed E-state index contributed by atoms with van der Waals surface area (Å²) in [7, 11) is 1.32. The van der Waals surface area contributed by atoms with Crippen molar-refractivity contribution in [2.75, 3.05) is 12.4 Å². The fourth-order valence-corrected chi connectivity index (χ4v) is 1.84. The SMILES string of the molecule is COc1ccc(Nc2c(F)cc(C(N)=S)cc2F)cc1F. The van der Waals surface area contributed by atoms with E-state index in [1.807, 2.05) is 0 Å². The number of hydrogen-bond donors (Lipinski definition) is 2. The monoisotopic (exact) mass is 312 g/mol. The maximum atomic E-state index is 13.9. The van der Waals surface area contributed by atoms with Crippen molar-refractivity contribution < 1.29 is 17.9 Å². The van der Waals surface area contributed by atoms with Crippen LogP contribution in [0.4, 0.5) is 24.5 Å². The molecule has 0 bridgehead atoms. The number of nitrogens with one attached hydrogen (secondary N) is 1. The van der Waals surface area contributed by atoms with E-state index in [1.54, 1.807) is 0 Å². The lowest BCUT2D eigenvalue weighted by Gasteiger charge is -2.11. The Labute approximate surface area is 124 Å². The van der Waals surface area contributed by atoms with Crippen LogP contribution in [0.2, 0.25) is 0 Å². The van der Waals surface area contributed by atoms with Gasteiger partial charge >= 0.3 is 0 Å². The lowest BCUT2D eigenvalue weighted by molar-refractivity contribution is 0.386. The molecule has 0 amide bonds. The van der Waals surface area contributed by atoms with E-state index in [2.05, 4.69) is 17.5 Å². The average Bonchev–Trinajstić information content (AvgIpc) is 2.42. The topological polar surface area (TPSA) is 47.3 Å². The molecule has 7 heteroatoms. The Morgan fingerprint density at radius 2 is 1.71 bits per heavy atom. The van der Waals surface area contributed by atoms with Crippen molar-refractivity contribution in [1.29, 1.82) is 0 Å². The molecule has 21 heavy (non-hydrogen) atoms. The highest BCUT2D eigenvalue weighted by molar-refractivity contribution is 7.80. The Balaban J connectivity index is 2.35. The first kappa shape index (κ1) is 15.1. The van der Waals surface area contributed by atoms with Crippen molar-refractivity contribution in [3.8, 4) is 5.75 Å². The van der Waals surface area contributed by atoms with E-state index in [4.69, 9.17) is 10.5 Å². The van der Waals surface area contributed by atoms with Gasteiger partial charge in [0.25, 0.3) is 0 Å². The van der Waals surface area contributed by atoms with Gasteiger partial charge in [-0.2, -0.15) is 0 Å². The summed E-state index contributed by atoms with van der Waals surface area (Å²) in [6, 6.07) is 5.86. The first-order valence-corrected chi connectivity index (χ1v) is 6.22. The lowest BCUT2D eigenvalue weighted by atomic mass is 10.1. The molecular formula is C14H11F3N2OS. The highest BCUT2D eigenvalue weighted by atomic mass is 32.1. The molecule has 0 saturated heterocycles. The maximum Gasteiger partial charge on any atom is 0.167 e. The van der Waals surface area contributed by atoms with E-state index < -0.39 is 23.1 Å². The Bertz CT molecular complexity index is 684. The van der Waals surface area contributed by atoms with Crippen LogP contribution in [0, 0.1) is 17.5 Å². The predicted molar refractivity (Wildman–Crippen MR) is 78.5 cm³/mol. The number of anilines is 2. The lowest BCUT2D eigenvalue weighted by Crippen LogP contribution is -2.11. The van der Waals surface area contributed by atoms with Crippen LogP contribution >= 0.6 is 12.2 Å². The summed E-state index contributed by atoms with van der Waals surface area (Å²) in [5.74, 6) is -2.38. The Hall–Kier alpha value is -2.28. The van der Waals surface area contributed by atoms with Crippen molar-refractivity contribution in [2.24, 2.45) is 5.73 Å². The molecule has 0 spiro atoms. The molecule has 0 aromatic heterocycles. The fourth-order valence-electron chi connectivity index (χ4n) is 1.72. The minimum absolute atomic E-state index is 0.0327. The first-order chi connectivity index (χ1) is 9.92. The zero-order valence-electron chi connectivity index (χ0n) is 10.9. The normalized spacial score (nSPS) is 10.3. The number of benzene rings is 2. The summed E-state index contributed by atoms with van der Waals surface area (Å²) in [5.41, 5.74) is 5.15. The molecular weight excluding hydrogens is 301 g/mol. The van der Waals surface area contributed by atoms with E-state index in [-0.39, 0.29) is 22.0 Å². The number of nitrogens with two attached hydrogens (primary N) is 1. The summed E-state index contributed by atoms with van der Waals surface area (Å²) < 4.78 is 46.0. The van der Waals surface area contributed by atoms with Crippen LogP contribution in [0.5, 0.6) is 5.75 Å². The van der Waals surface area contributed by atoms with Gasteiger partial charge in [0.2, 0.25) is 0 Å². The van der Waals surface area contributed by atoms with Crippen LogP contribution in [0.3, 0.4) is 0 Å². The maximum absolute atomic E-state index is 13.9. The van der Waals surface area contributed by atoms with Crippen LogP contribution in [-0.4, -0.2) is 12.1 Å². The van der Waals surface area contributed by atoms with Crippen molar-refractivity contribution >= 4 is 28.6 Å². The number of hydrogen-bond acceptors (Lipinski definition) is 3. The molecule has 0 aliphatic rings. The second-order valence-corrected chi connectivity index (χ2v) is 4.59. The molecule has 0 saturated carbocycles. The quantitative estimate of drug-likeness (QED) is 0.849. The number of rotatable bonds is 4. The molecule has 110 valence electrons. The van der Waals surface area contributed by atoms with E-state index in [0.717, 1.165) is 18.2 Å². The third-order valence-electron chi connectivity index (χ3n) is 2.75. The molecule has 2 rings (SSSR count). The fraction of sp³-hybridized carbons (Fsp3) is 0.0714. The Morgan fingerprint density at radius 3 is 2.19 bits per heavy atom. The minimum Gasteiger partial charge on any atom is -0.494 e. The first-order valence-electron chi connectivity index (χ1n) is 5.81. The highest BCUT2D eigenvalue weighted by Gasteiger charge is 2.13. The minimum atomic E-state index is -0.881. The third-order valence-corrected chi connectivity index (χ3v) is 2.98. The molecule has 2 aromatic carbocycles. The molecule has 0 atom stereocenters.